The number of halogens is 1. The third kappa shape index (κ3) is 2.20. The molecule has 24 heavy (non-hydrogen) atoms. The Kier molecular flexibility index (Phi) is 2.82. The van der Waals surface area contributed by atoms with Gasteiger partial charge in [-0.3, -0.25) is 0 Å². The molecule has 1 aromatic carbocycles. The van der Waals surface area contributed by atoms with Crippen molar-refractivity contribution in [3.63, 3.8) is 0 Å². The molecule has 0 amide bonds. The van der Waals surface area contributed by atoms with E-state index in [-0.39, 0.29) is 5.82 Å². The monoisotopic (exact) mass is 322 g/mol. The van der Waals surface area contributed by atoms with E-state index in [2.05, 4.69) is 20.2 Å². The maximum atomic E-state index is 13.8. The second-order valence-corrected chi connectivity index (χ2v) is 6.20. The van der Waals surface area contributed by atoms with Gasteiger partial charge in [0.1, 0.15) is 17.2 Å². The van der Waals surface area contributed by atoms with Gasteiger partial charge in [-0.15, -0.1) is 0 Å². The Labute approximate surface area is 136 Å². The van der Waals surface area contributed by atoms with Crippen molar-refractivity contribution in [1.82, 2.24) is 29.5 Å². The van der Waals surface area contributed by atoms with Crippen LogP contribution < -0.4 is 0 Å². The molecule has 1 N–H and O–H groups in total. The van der Waals surface area contributed by atoms with Crippen LogP contribution in [0, 0.1) is 11.7 Å². The Morgan fingerprint density at radius 2 is 2.17 bits per heavy atom. The van der Waals surface area contributed by atoms with Gasteiger partial charge in [0, 0.05) is 24.5 Å². The van der Waals surface area contributed by atoms with Gasteiger partial charge in [0.15, 0.2) is 5.65 Å². The summed E-state index contributed by atoms with van der Waals surface area (Å²) in [6, 6.07) is 6.45. The first kappa shape index (κ1) is 13.5. The summed E-state index contributed by atoms with van der Waals surface area (Å²) in [5.41, 5.74) is 3.13. The van der Waals surface area contributed by atoms with E-state index in [1.54, 1.807) is 23.1 Å². The van der Waals surface area contributed by atoms with E-state index in [1.807, 2.05) is 16.9 Å². The van der Waals surface area contributed by atoms with Crippen LogP contribution in [0.2, 0.25) is 0 Å². The van der Waals surface area contributed by atoms with Crippen molar-refractivity contribution in [2.75, 3.05) is 0 Å². The topological polar surface area (TPSA) is 64.3 Å². The number of aromatic amines is 1. The zero-order chi connectivity index (χ0) is 16.1. The highest BCUT2D eigenvalue weighted by Crippen LogP contribution is 2.32. The van der Waals surface area contributed by atoms with Crippen molar-refractivity contribution in [2.45, 2.75) is 19.4 Å². The third-order valence-electron chi connectivity index (χ3n) is 4.38. The third-order valence-corrected chi connectivity index (χ3v) is 4.38. The van der Waals surface area contributed by atoms with Crippen LogP contribution in [-0.4, -0.2) is 29.5 Å². The Bertz CT molecular complexity index is 1010. The molecular formula is C17H15FN6. The molecule has 4 aromatic rings. The van der Waals surface area contributed by atoms with Gasteiger partial charge < -0.3 is 4.98 Å². The highest BCUT2D eigenvalue weighted by Gasteiger charge is 2.24. The molecule has 6 nitrogen and oxygen atoms in total. The van der Waals surface area contributed by atoms with Gasteiger partial charge in [-0.25, -0.2) is 18.7 Å². The van der Waals surface area contributed by atoms with Crippen LogP contribution in [0.4, 0.5) is 4.39 Å². The Morgan fingerprint density at radius 1 is 1.25 bits per heavy atom. The van der Waals surface area contributed by atoms with Gasteiger partial charge in [-0.1, -0.05) is 0 Å². The number of imidazole rings is 1. The fourth-order valence-electron chi connectivity index (χ4n) is 2.96. The summed E-state index contributed by atoms with van der Waals surface area (Å²) in [4.78, 5) is 7.93. The molecule has 0 atom stereocenters. The summed E-state index contributed by atoms with van der Waals surface area (Å²) in [6.07, 6.45) is 7.81. The van der Waals surface area contributed by atoms with Gasteiger partial charge in [0.25, 0.3) is 0 Å². The van der Waals surface area contributed by atoms with Crippen molar-refractivity contribution < 1.29 is 4.39 Å². The number of nitrogens with zero attached hydrogens (tertiary/aromatic N) is 5. The number of benzene rings is 1. The average molecular weight is 322 g/mol. The highest BCUT2D eigenvalue weighted by molar-refractivity contribution is 5.78. The van der Waals surface area contributed by atoms with E-state index >= 15 is 0 Å². The molecule has 5 rings (SSSR count). The quantitative estimate of drug-likeness (QED) is 0.628. The van der Waals surface area contributed by atoms with Crippen LogP contribution in [0.5, 0.6) is 0 Å². The molecule has 7 heteroatoms. The van der Waals surface area contributed by atoms with Crippen LogP contribution in [0.3, 0.4) is 0 Å². The largest absolute Gasteiger partial charge is 0.335 e. The first-order chi connectivity index (χ1) is 11.8. The lowest BCUT2D eigenvalue weighted by atomic mass is 10.1. The van der Waals surface area contributed by atoms with Crippen molar-refractivity contribution in [3.05, 3.63) is 48.7 Å². The number of aromatic nitrogens is 6. The fourth-order valence-corrected chi connectivity index (χ4v) is 2.96. The van der Waals surface area contributed by atoms with Crippen LogP contribution >= 0.6 is 0 Å². The minimum Gasteiger partial charge on any atom is -0.335 e. The standard InChI is InChI=1S/C17H15FN6/c18-12-4-5-15(23-7-1-6-19-23)13(8-12)16-21-14-9-20-24(17(14)22-16)10-11-2-3-11/h1,4-9,11H,2-3,10H2,(H,21,22). The second-order valence-electron chi connectivity index (χ2n) is 6.20. The summed E-state index contributed by atoms with van der Waals surface area (Å²) in [7, 11) is 0. The molecule has 0 spiro atoms. The summed E-state index contributed by atoms with van der Waals surface area (Å²) in [5.74, 6) is 1.03. The van der Waals surface area contributed by atoms with Crippen molar-refractivity contribution >= 4 is 11.2 Å². The van der Waals surface area contributed by atoms with E-state index in [9.17, 15) is 4.39 Å². The zero-order valence-corrected chi connectivity index (χ0v) is 12.9. The van der Waals surface area contributed by atoms with E-state index in [1.165, 1.54) is 25.0 Å². The van der Waals surface area contributed by atoms with Crippen LogP contribution in [-0.2, 0) is 6.54 Å². The lowest BCUT2D eigenvalue weighted by molar-refractivity contribution is 0.576. The summed E-state index contributed by atoms with van der Waals surface area (Å²) in [6.45, 7) is 0.892. The maximum Gasteiger partial charge on any atom is 0.176 e. The SMILES string of the molecule is Fc1ccc(-n2cccn2)c(-c2nc3c(cnn3CC3CC3)[nH]2)c1. The average Bonchev–Trinajstić information content (AvgIpc) is 3.00. The van der Waals surface area contributed by atoms with Crippen LogP contribution in [0.25, 0.3) is 28.2 Å². The minimum absolute atomic E-state index is 0.305. The normalized spacial score (nSPS) is 14.5. The predicted octanol–water partition coefficient (Wildman–Crippen LogP) is 3.16. The van der Waals surface area contributed by atoms with E-state index in [4.69, 9.17) is 0 Å². The first-order valence-corrected chi connectivity index (χ1v) is 7.99. The number of H-pyrrole nitrogens is 1. The highest BCUT2D eigenvalue weighted by atomic mass is 19.1. The Morgan fingerprint density at radius 3 is 2.96 bits per heavy atom. The van der Waals surface area contributed by atoms with Crippen LogP contribution in [0.1, 0.15) is 12.8 Å². The molecule has 1 aliphatic rings. The maximum absolute atomic E-state index is 13.8. The smallest absolute Gasteiger partial charge is 0.176 e. The number of hydrogen-bond donors (Lipinski definition) is 1. The zero-order valence-electron chi connectivity index (χ0n) is 12.9. The van der Waals surface area contributed by atoms with E-state index in [0.717, 1.165) is 23.4 Å². The first-order valence-electron chi connectivity index (χ1n) is 7.99. The molecule has 0 radical (unpaired) electrons. The van der Waals surface area contributed by atoms with E-state index < -0.39 is 0 Å². The Balaban J connectivity index is 1.64. The minimum atomic E-state index is -0.305. The van der Waals surface area contributed by atoms with Gasteiger partial charge in [-0.05, 0) is 43.0 Å². The van der Waals surface area contributed by atoms with Crippen molar-refractivity contribution in [2.24, 2.45) is 5.92 Å². The molecular weight excluding hydrogens is 307 g/mol. The lowest BCUT2D eigenvalue weighted by Gasteiger charge is -2.07. The molecule has 0 saturated heterocycles. The van der Waals surface area contributed by atoms with Crippen LogP contribution in [0.15, 0.2) is 42.9 Å². The lowest BCUT2D eigenvalue weighted by Crippen LogP contribution is -2.02. The summed E-state index contributed by atoms with van der Waals surface area (Å²) < 4.78 is 17.5. The molecule has 0 unspecified atom stereocenters. The number of fused-ring (bicyclic) bond motifs is 1. The molecule has 1 fully saturated rings. The van der Waals surface area contributed by atoms with Gasteiger partial charge in [0.2, 0.25) is 0 Å². The molecule has 3 aromatic heterocycles. The molecule has 1 saturated carbocycles. The molecule has 120 valence electrons. The summed E-state index contributed by atoms with van der Waals surface area (Å²) >= 11 is 0. The number of rotatable bonds is 4. The fraction of sp³-hybridized carbons (Fsp3) is 0.235. The van der Waals surface area contributed by atoms with E-state index in [0.29, 0.717) is 17.3 Å². The summed E-state index contributed by atoms with van der Waals surface area (Å²) in [5, 5.41) is 8.64. The predicted molar refractivity (Wildman–Crippen MR) is 87.1 cm³/mol. The van der Waals surface area contributed by atoms with Crippen molar-refractivity contribution in [3.8, 4) is 17.1 Å². The van der Waals surface area contributed by atoms with Crippen molar-refractivity contribution in [1.29, 1.82) is 0 Å². The second kappa shape index (κ2) is 5.02. The molecule has 1 aliphatic carbocycles. The number of nitrogens with one attached hydrogen (secondary N) is 1. The molecule has 3 heterocycles. The molecule has 0 bridgehead atoms. The van der Waals surface area contributed by atoms with Gasteiger partial charge >= 0.3 is 0 Å². The Hall–Kier alpha value is -2.96. The molecule has 0 aliphatic heterocycles. The van der Waals surface area contributed by atoms with Gasteiger partial charge in [0.05, 0.1) is 11.9 Å². The number of hydrogen-bond acceptors (Lipinski definition) is 3. The van der Waals surface area contributed by atoms with Gasteiger partial charge in [-0.2, -0.15) is 10.2 Å².